The van der Waals surface area contributed by atoms with Gasteiger partial charge in [0.1, 0.15) is 19.3 Å². The van der Waals surface area contributed by atoms with E-state index in [2.05, 4.69) is 16.0 Å². The van der Waals surface area contributed by atoms with Crippen LogP contribution in [0.2, 0.25) is 0 Å². The highest BCUT2D eigenvalue weighted by Gasteiger charge is 2.22. The number of hydrogen-bond acceptors (Lipinski definition) is 5. The number of unbranched alkanes of at least 4 members (excludes halogenated alkanes) is 1. The summed E-state index contributed by atoms with van der Waals surface area (Å²) in [5.41, 5.74) is 2.88. The first-order valence-corrected chi connectivity index (χ1v) is 13.3. The zero-order valence-electron chi connectivity index (χ0n) is 22.3. The Kier molecular flexibility index (Phi) is 12.4. The molecule has 0 radical (unpaired) electrons. The number of benzene rings is 3. The van der Waals surface area contributed by atoms with E-state index in [0.717, 1.165) is 16.7 Å². The number of ether oxygens (including phenoxy) is 2. The molecule has 0 unspecified atom stereocenters. The van der Waals surface area contributed by atoms with Crippen LogP contribution in [-0.2, 0) is 33.9 Å². The van der Waals surface area contributed by atoms with Crippen molar-refractivity contribution >= 4 is 18.1 Å². The van der Waals surface area contributed by atoms with Crippen molar-refractivity contribution in [1.29, 1.82) is 0 Å². The molecular weight excluding hydrogens is 494 g/mol. The highest BCUT2D eigenvalue weighted by molar-refractivity contribution is 5.85. The van der Waals surface area contributed by atoms with Crippen LogP contribution >= 0.6 is 0 Å². The van der Waals surface area contributed by atoms with Gasteiger partial charge in [-0.1, -0.05) is 91.0 Å². The lowest BCUT2D eigenvalue weighted by Gasteiger charge is -2.21. The first-order valence-electron chi connectivity index (χ1n) is 13.3. The molecule has 3 aromatic carbocycles. The van der Waals surface area contributed by atoms with Gasteiger partial charge in [0.2, 0.25) is 5.91 Å². The van der Waals surface area contributed by atoms with Crippen molar-refractivity contribution < 1.29 is 23.9 Å². The number of nitrogens with one attached hydrogen (secondary N) is 3. The normalized spacial score (nSPS) is 12.0. The monoisotopic (exact) mass is 531 g/mol. The van der Waals surface area contributed by atoms with E-state index in [9.17, 15) is 14.4 Å². The highest BCUT2D eigenvalue weighted by atomic mass is 16.6. The standard InChI is InChI=1S/C31H37N3O5/c1-24(21-25-13-5-2-6-14-25)33-29(35)28(34-31(37)39-23-27-17-9-4-10-18-27)19-11-12-20-32-30(36)38-22-26-15-7-3-8-16-26/h2-10,13-18,24,28H,11-12,19-23H2,1H3,(H,32,36)(H,33,35)(H,34,37)/t24-,28-/m0/s1. The second-order valence-electron chi connectivity index (χ2n) is 9.34. The Balaban J connectivity index is 1.44. The van der Waals surface area contributed by atoms with Crippen LogP contribution in [0.1, 0.15) is 42.9 Å². The molecule has 0 spiro atoms. The Morgan fingerprint density at radius 1 is 0.667 bits per heavy atom. The molecule has 0 fully saturated rings. The maximum Gasteiger partial charge on any atom is 0.408 e. The van der Waals surface area contributed by atoms with Gasteiger partial charge < -0.3 is 25.4 Å². The van der Waals surface area contributed by atoms with Crippen LogP contribution in [0.25, 0.3) is 0 Å². The summed E-state index contributed by atoms with van der Waals surface area (Å²) in [6, 6.07) is 27.8. The minimum atomic E-state index is -0.767. The zero-order chi connectivity index (χ0) is 27.7. The van der Waals surface area contributed by atoms with Crippen LogP contribution in [0.5, 0.6) is 0 Å². The van der Waals surface area contributed by atoms with Gasteiger partial charge in [0, 0.05) is 12.6 Å². The average molecular weight is 532 g/mol. The summed E-state index contributed by atoms with van der Waals surface area (Å²) in [6.45, 7) is 2.64. The van der Waals surface area contributed by atoms with Crippen molar-refractivity contribution in [3.63, 3.8) is 0 Å². The van der Waals surface area contributed by atoms with E-state index in [1.165, 1.54) is 0 Å². The minimum Gasteiger partial charge on any atom is -0.445 e. The number of carbonyl (C=O) groups excluding carboxylic acids is 3. The number of alkyl carbamates (subject to hydrolysis) is 2. The van der Waals surface area contributed by atoms with E-state index in [4.69, 9.17) is 9.47 Å². The molecule has 206 valence electrons. The molecule has 0 aliphatic rings. The van der Waals surface area contributed by atoms with Crippen LogP contribution in [0.4, 0.5) is 9.59 Å². The third-order valence-corrected chi connectivity index (χ3v) is 6.00. The summed E-state index contributed by atoms with van der Waals surface area (Å²) in [6.07, 6.45) is 1.13. The predicted molar refractivity (Wildman–Crippen MR) is 150 cm³/mol. The van der Waals surface area contributed by atoms with Crippen molar-refractivity contribution in [1.82, 2.24) is 16.0 Å². The fourth-order valence-electron chi connectivity index (χ4n) is 3.98. The number of carbonyl (C=O) groups is 3. The van der Waals surface area contributed by atoms with E-state index in [1.807, 2.05) is 97.9 Å². The lowest BCUT2D eigenvalue weighted by atomic mass is 10.1. The lowest BCUT2D eigenvalue weighted by Crippen LogP contribution is -2.49. The van der Waals surface area contributed by atoms with Gasteiger partial charge in [-0.2, -0.15) is 0 Å². The molecule has 0 saturated carbocycles. The van der Waals surface area contributed by atoms with E-state index in [0.29, 0.717) is 32.2 Å². The fourth-order valence-corrected chi connectivity index (χ4v) is 3.98. The quantitative estimate of drug-likeness (QED) is 0.250. The Labute approximate surface area is 230 Å². The first kappa shape index (κ1) is 29.2. The molecule has 8 nitrogen and oxygen atoms in total. The number of rotatable bonds is 14. The lowest BCUT2D eigenvalue weighted by molar-refractivity contribution is -0.123. The van der Waals surface area contributed by atoms with Crippen molar-refractivity contribution in [2.24, 2.45) is 0 Å². The van der Waals surface area contributed by atoms with Gasteiger partial charge >= 0.3 is 12.2 Å². The van der Waals surface area contributed by atoms with Gasteiger partial charge in [0.15, 0.2) is 0 Å². The topological polar surface area (TPSA) is 106 Å². The Hall–Kier alpha value is -4.33. The molecule has 0 heterocycles. The van der Waals surface area contributed by atoms with Crippen molar-refractivity contribution in [3.8, 4) is 0 Å². The highest BCUT2D eigenvalue weighted by Crippen LogP contribution is 2.07. The van der Waals surface area contributed by atoms with Gasteiger partial charge in [-0.25, -0.2) is 9.59 Å². The van der Waals surface area contributed by atoms with E-state index < -0.39 is 18.2 Å². The smallest absolute Gasteiger partial charge is 0.408 e. The van der Waals surface area contributed by atoms with Gasteiger partial charge in [-0.3, -0.25) is 4.79 Å². The molecule has 0 aliphatic heterocycles. The van der Waals surface area contributed by atoms with Crippen molar-refractivity contribution in [3.05, 3.63) is 108 Å². The number of amides is 3. The van der Waals surface area contributed by atoms with Gasteiger partial charge in [0.05, 0.1) is 0 Å². The van der Waals surface area contributed by atoms with E-state index in [-0.39, 0.29) is 25.2 Å². The second kappa shape index (κ2) is 16.5. The zero-order valence-corrected chi connectivity index (χ0v) is 22.3. The van der Waals surface area contributed by atoms with Crippen LogP contribution < -0.4 is 16.0 Å². The van der Waals surface area contributed by atoms with Crippen LogP contribution in [0.3, 0.4) is 0 Å². The second-order valence-corrected chi connectivity index (χ2v) is 9.34. The molecular formula is C31H37N3O5. The Bertz CT molecular complexity index is 1140. The molecule has 0 saturated heterocycles. The molecule has 0 aromatic heterocycles. The van der Waals surface area contributed by atoms with Crippen LogP contribution in [0.15, 0.2) is 91.0 Å². The summed E-state index contributed by atoms with van der Waals surface area (Å²) in [5.74, 6) is -0.273. The molecule has 0 aliphatic carbocycles. The maximum absolute atomic E-state index is 13.1. The summed E-state index contributed by atoms with van der Waals surface area (Å²) < 4.78 is 10.5. The van der Waals surface area contributed by atoms with Crippen LogP contribution in [-0.4, -0.2) is 36.7 Å². The summed E-state index contributed by atoms with van der Waals surface area (Å²) in [5, 5.41) is 8.43. The van der Waals surface area contributed by atoms with E-state index in [1.54, 1.807) is 0 Å². The third-order valence-electron chi connectivity index (χ3n) is 6.00. The van der Waals surface area contributed by atoms with Crippen LogP contribution in [0, 0.1) is 0 Å². The predicted octanol–water partition coefficient (Wildman–Crippen LogP) is 5.13. The molecule has 0 bridgehead atoms. The van der Waals surface area contributed by atoms with Gasteiger partial charge in [-0.05, 0) is 49.3 Å². The fraction of sp³-hybridized carbons (Fsp3) is 0.323. The molecule has 3 rings (SSSR count). The summed E-state index contributed by atoms with van der Waals surface area (Å²) in [7, 11) is 0. The van der Waals surface area contributed by atoms with Gasteiger partial charge in [0.25, 0.3) is 0 Å². The molecule has 3 amide bonds. The molecule has 2 atom stereocenters. The third kappa shape index (κ3) is 11.7. The minimum absolute atomic E-state index is 0.112. The molecule has 3 N–H and O–H groups in total. The van der Waals surface area contributed by atoms with Crippen molar-refractivity contribution in [2.45, 2.75) is 57.9 Å². The Morgan fingerprint density at radius 2 is 1.18 bits per heavy atom. The largest absolute Gasteiger partial charge is 0.445 e. The van der Waals surface area contributed by atoms with Gasteiger partial charge in [-0.15, -0.1) is 0 Å². The molecule has 39 heavy (non-hydrogen) atoms. The average Bonchev–Trinajstić information content (AvgIpc) is 2.95. The molecule has 3 aromatic rings. The Morgan fingerprint density at radius 3 is 1.74 bits per heavy atom. The number of hydrogen-bond donors (Lipinski definition) is 3. The van der Waals surface area contributed by atoms with Crippen molar-refractivity contribution in [2.75, 3.05) is 6.54 Å². The first-order chi connectivity index (χ1) is 19.0. The molecule has 8 heteroatoms. The maximum atomic E-state index is 13.1. The SMILES string of the molecule is C[C@@H](Cc1ccccc1)NC(=O)[C@H](CCCCNC(=O)OCc1ccccc1)NC(=O)OCc1ccccc1. The summed E-state index contributed by atoms with van der Waals surface area (Å²) >= 11 is 0. The summed E-state index contributed by atoms with van der Waals surface area (Å²) in [4.78, 5) is 37.5. The van der Waals surface area contributed by atoms with E-state index >= 15 is 0 Å².